The predicted molar refractivity (Wildman–Crippen MR) is 129 cm³/mol. The summed E-state index contributed by atoms with van der Waals surface area (Å²) in [5.41, 5.74) is 4.81. The maximum Gasteiger partial charge on any atom is 0.419 e. The summed E-state index contributed by atoms with van der Waals surface area (Å²) in [4.78, 5) is 22.6. The summed E-state index contributed by atoms with van der Waals surface area (Å²) in [5, 5.41) is 8.00. The molecule has 1 unspecified atom stereocenters. The molecule has 3 N–H and O–H groups in total. The molecule has 196 valence electrons. The predicted octanol–water partition coefficient (Wildman–Crippen LogP) is 4.17. The van der Waals surface area contributed by atoms with Crippen LogP contribution in [0.2, 0.25) is 5.02 Å². The number of halogens is 4. The molecule has 3 aromatic heterocycles. The van der Waals surface area contributed by atoms with Crippen LogP contribution in [0.5, 0.6) is 0 Å². The smallest absolute Gasteiger partial charge is 0.383 e. The second kappa shape index (κ2) is 8.88. The fourth-order valence-electron chi connectivity index (χ4n) is 4.92. The molecule has 5 heterocycles. The van der Waals surface area contributed by atoms with E-state index >= 15 is 0 Å². The van der Waals surface area contributed by atoms with Crippen LogP contribution in [0.4, 0.5) is 23.8 Å². The lowest BCUT2D eigenvalue weighted by molar-refractivity contribution is -0.137. The summed E-state index contributed by atoms with van der Waals surface area (Å²) < 4.78 is 48.0. The molecule has 9 nitrogen and oxygen atoms in total. The number of nitrogens with one attached hydrogen (secondary N) is 1. The first kappa shape index (κ1) is 25.3. The number of pyridine rings is 2. The Kier molecular flexibility index (Phi) is 6.06. The van der Waals surface area contributed by atoms with Gasteiger partial charge in [-0.15, -0.1) is 0 Å². The zero-order valence-electron chi connectivity index (χ0n) is 20.1. The number of amides is 2. The number of alkyl halides is 3. The summed E-state index contributed by atoms with van der Waals surface area (Å²) in [5.74, 6) is -0.589. The lowest BCUT2D eigenvalue weighted by Gasteiger charge is -2.35. The Morgan fingerprint density at radius 1 is 1.22 bits per heavy atom. The van der Waals surface area contributed by atoms with Crippen molar-refractivity contribution in [1.82, 2.24) is 30.0 Å². The van der Waals surface area contributed by atoms with Gasteiger partial charge in [0.15, 0.2) is 0 Å². The van der Waals surface area contributed by atoms with Gasteiger partial charge in [0.2, 0.25) is 0 Å². The maximum absolute atomic E-state index is 13.4. The van der Waals surface area contributed by atoms with Gasteiger partial charge >= 0.3 is 12.2 Å². The number of anilines is 1. The normalized spacial score (nSPS) is 19.8. The third kappa shape index (κ3) is 4.59. The number of carbonyl (C=O) groups excluding carboxylic acids is 1. The minimum absolute atomic E-state index is 0.196. The zero-order valence-corrected chi connectivity index (χ0v) is 20.9. The maximum atomic E-state index is 13.4. The van der Waals surface area contributed by atoms with Gasteiger partial charge in [-0.1, -0.05) is 11.6 Å². The topological polar surface area (TPSA) is 111 Å². The molecule has 0 aromatic carbocycles. The third-order valence-corrected chi connectivity index (χ3v) is 7.13. The molecule has 0 aliphatic carbocycles. The van der Waals surface area contributed by atoms with Crippen LogP contribution < -0.4 is 11.1 Å². The number of hydrogen-bond acceptors (Lipinski definition) is 6. The zero-order chi connectivity index (χ0) is 26.6. The highest BCUT2D eigenvalue weighted by Gasteiger charge is 2.47. The van der Waals surface area contributed by atoms with Gasteiger partial charge in [-0.3, -0.25) is 9.67 Å². The molecule has 1 spiro atoms. The van der Waals surface area contributed by atoms with Gasteiger partial charge in [0.1, 0.15) is 11.4 Å². The standard InChI is InChI=1S/C24H25ClF3N7O2/c1-22(2,15-3-5-30-12-17(15)25)32-21(36)34-6-4-23(13-34)19-10-18(33-35(19)7-8-37-23)14-9-16(24(26,27)28)20(29)31-11-14/h3,5,9-12H,4,6-8,13H2,1-2H3,(H2,29,31)(H,32,36). The summed E-state index contributed by atoms with van der Waals surface area (Å²) in [6.45, 7) is 5.19. The Morgan fingerprint density at radius 3 is 2.73 bits per heavy atom. The molecular weight excluding hydrogens is 511 g/mol. The molecule has 0 bridgehead atoms. The van der Waals surface area contributed by atoms with Gasteiger partial charge in [0.25, 0.3) is 0 Å². The third-order valence-electron chi connectivity index (χ3n) is 6.83. The van der Waals surface area contributed by atoms with Gasteiger partial charge in [-0.05, 0) is 37.6 Å². The molecule has 3 aromatic rings. The number of aromatic nitrogens is 4. The monoisotopic (exact) mass is 535 g/mol. The second-order valence-corrected chi connectivity index (χ2v) is 10.1. The number of nitrogens with zero attached hydrogens (tertiary/aromatic N) is 5. The highest BCUT2D eigenvalue weighted by Crippen LogP contribution is 2.41. The summed E-state index contributed by atoms with van der Waals surface area (Å²) >= 11 is 6.29. The van der Waals surface area contributed by atoms with Crippen LogP contribution in [-0.4, -0.2) is 50.4 Å². The van der Waals surface area contributed by atoms with E-state index in [0.717, 1.165) is 11.6 Å². The van der Waals surface area contributed by atoms with Crippen molar-refractivity contribution in [3.8, 4) is 11.3 Å². The van der Waals surface area contributed by atoms with Crippen molar-refractivity contribution in [2.45, 2.75) is 44.1 Å². The van der Waals surface area contributed by atoms with Crippen molar-refractivity contribution in [1.29, 1.82) is 0 Å². The Bertz CT molecular complexity index is 1360. The van der Waals surface area contributed by atoms with E-state index in [0.29, 0.717) is 42.5 Å². The molecule has 2 aliphatic heterocycles. The van der Waals surface area contributed by atoms with Crippen LogP contribution in [0.1, 0.15) is 37.1 Å². The first-order valence-corrected chi connectivity index (χ1v) is 12.0. The van der Waals surface area contributed by atoms with Crippen LogP contribution in [0.3, 0.4) is 0 Å². The minimum Gasteiger partial charge on any atom is -0.383 e. The number of urea groups is 1. The average Bonchev–Trinajstić information content (AvgIpc) is 3.45. The van der Waals surface area contributed by atoms with Crippen molar-refractivity contribution in [2.75, 3.05) is 25.4 Å². The molecule has 1 fully saturated rings. The van der Waals surface area contributed by atoms with Crippen LogP contribution in [0.25, 0.3) is 11.3 Å². The van der Waals surface area contributed by atoms with Gasteiger partial charge in [-0.2, -0.15) is 18.3 Å². The molecule has 2 aliphatic rings. The molecule has 2 amide bonds. The largest absolute Gasteiger partial charge is 0.419 e. The van der Waals surface area contributed by atoms with E-state index in [9.17, 15) is 18.0 Å². The highest BCUT2D eigenvalue weighted by atomic mass is 35.5. The van der Waals surface area contributed by atoms with Crippen molar-refractivity contribution in [3.05, 3.63) is 58.6 Å². The fourth-order valence-corrected chi connectivity index (χ4v) is 5.27. The molecule has 37 heavy (non-hydrogen) atoms. The van der Waals surface area contributed by atoms with E-state index in [1.54, 1.807) is 27.9 Å². The Hall–Kier alpha value is -3.38. The van der Waals surface area contributed by atoms with Crippen LogP contribution in [0.15, 0.2) is 36.8 Å². The fraction of sp³-hybridized carbons (Fsp3) is 0.417. The van der Waals surface area contributed by atoms with E-state index < -0.39 is 28.7 Å². The SMILES string of the molecule is CC(C)(NC(=O)N1CCC2(C1)OCCn1nc(-c3cnc(N)c(C(F)(F)F)c3)cc12)c1ccncc1Cl. The molecular formula is C24H25ClF3N7O2. The van der Waals surface area contributed by atoms with Crippen LogP contribution in [-0.2, 0) is 28.6 Å². The number of rotatable bonds is 3. The minimum atomic E-state index is -4.63. The lowest BCUT2D eigenvalue weighted by Crippen LogP contribution is -2.49. The number of likely N-dealkylation sites (tertiary alicyclic amines) is 1. The number of ether oxygens (including phenoxy) is 1. The first-order chi connectivity index (χ1) is 17.4. The van der Waals surface area contributed by atoms with Gasteiger partial charge < -0.3 is 20.7 Å². The van der Waals surface area contributed by atoms with Crippen LogP contribution in [0, 0.1) is 0 Å². The Morgan fingerprint density at radius 2 is 2.00 bits per heavy atom. The quantitative estimate of drug-likeness (QED) is 0.521. The van der Waals surface area contributed by atoms with E-state index in [2.05, 4.69) is 20.4 Å². The van der Waals surface area contributed by atoms with Gasteiger partial charge in [0.05, 0.1) is 47.2 Å². The van der Waals surface area contributed by atoms with Gasteiger partial charge in [-0.25, -0.2) is 9.78 Å². The second-order valence-electron chi connectivity index (χ2n) is 9.72. The lowest BCUT2D eigenvalue weighted by atomic mass is 9.95. The van der Waals surface area contributed by atoms with Crippen LogP contribution >= 0.6 is 11.6 Å². The number of nitrogens with two attached hydrogens (primary N) is 1. The molecule has 1 saturated heterocycles. The van der Waals surface area contributed by atoms with Gasteiger partial charge in [0, 0.05) is 37.1 Å². The number of nitrogen functional groups attached to an aromatic ring is 1. The number of hydrogen-bond donors (Lipinski definition) is 2. The summed E-state index contributed by atoms with van der Waals surface area (Å²) in [6.07, 6.45) is 0.286. The number of fused-ring (bicyclic) bond motifs is 2. The molecule has 0 radical (unpaired) electrons. The van der Waals surface area contributed by atoms with E-state index in [1.165, 1.54) is 12.4 Å². The van der Waals surface area contributed by atoms with E-state index in [-0.39, 0.29) is 18.1 Å². The summed E-state index contributed by atoms with van der Waals surface area (Å²) in [6, 6.07) is 4.13. The average molecular weight is 536 g/mol. The number of carbonyl (C=O) groups is 1. The van der Waals surface area contributed by atoms with E-state index in [4.69, 9.17) is 22.1 Å². The molecule has 5 rings (SSSR count). The van der Waals surface area contributed by atoms with E-state index in [1.807, 2.05) is 13.8 Å². The van der Waals surface area contributed by atoms with Crippen molar-refractivity contribution >= 4 is 23.4 Å². The van der Waals surface area contributed by atoms with Crippen molar-refractivity contribution < 1.29 is 22.7 Å². The molecule has 13 heteroatoms. The summed E-state index contributed by atoms with van der Waals surface area (Å²) in [7, 11) is 0. The molecule has 1 atom stereocenters. The molecule has 0 saturated carbocycles. The Labute approximate surface area is 215 Å². The van der Waals surface area contributed by atoms with Crippen molar-refractivity contribution in [2.24, 2.45) is 0 Å². The first-order valence-electron chi connectivity index (χ1n) is 11.6. The highest BCUT2D eigenvalue weighted by molar-refractivity contribution is 6.31. The Balaban J connectivity index is 1.39. The van der Waals surface area contributed by atoms with Crippen molar-refractivity contribution in [3.63, 3.8) is 0 Å².